The number of hydrogen-bond donors (Lipinski definition) is 3. The van der Waals surface area contributed by atoms with E-state index in [0.29, 0.717) is 18.8 Å². The Labute approximate surface area is 106 Å². The van der Waals surface area contributed by atoms with Gasteiger partial charge in [0.2, 0.25) is 10.0 Å². The molecule has 2 heterocycles. The topological polar surface area (TPSA) is 92.2 Å². The quantitative estimate of drug-likeness (QED) is 0.631. The molecule has 18 heavy (non-hydrogen) atoms. The van der Waals surface area contributed by atoms with Gasteiger partial charge >= 0.3 is 0 Å². The number of aryl methyl sites for hydroxylation is 1. The molecular weight excluding hydrogens is 256 g/mol. The lowest BCUT2D eigenvalue weighted by atomic mass is 10.2. The van der Waals surface area contributed by atoms with Gasteiger partial charge in [-0.05, 0) is 6.07 Å². The molecule has 0 unspecified atom stereocenters. The van der Waals surface area contributed by atoms with Gasteiger partial charge in [0.15, 0.2) is 0 Å². The van der Waals surface area contributed by atoms with E-state index in [0.717, 1.165) is 0 Å². The maximum absolute atomic E-state index is 12.0. The first-order chi connectivity index (χ1) is 8.44. The monoisotopic (exact) mass is 272 g/mol. The van der Waals surface area contributed by atoms with Crippen LogP contribution in [0.3, 0.4) is 0 Å². The van der Waals surface area contributed by atoms with Crippen LogP contribution in [0.25, 0.3) is 0 Å². The van der Waals surface area contributed by atoms with Gasteiger partial charge in [-0.3, -0.25) is 4.79 Å². The van der Waals surface area contributed by atoms with E-state index in [9.17, 15) is 13.2 Å². The first-order valence-corrected chi connectivity index (χ1v) is 7.04. The zero-order valence-corrected chi connectivity index (χ0v) is 11.0. The summed E-state index contributed by atoms with van der Waals surface area (Å²) >= 11 is 0. The second kappa shape index (κ2) is 4.71. The Morgan fingerprint density at radius 3 is 2.67 bits per heavy atom. The highest BCUT2D eigenvalue weighted by Gasteiger charge is 2.26. The van der Waals surface area contributed by atoms with Gasteiger partial charge in [-0.1, -0.05) is 0 Å². The Hall–Kier alpha value is -1.38. The summed E-state index contributed by atoms with van der Waals surface area (Å²) in [6.45, 7) is 1.27. The predicted octanol–water partition coefficient (Wildman–Crippen LogP) is -1.37. The summed E-state index contributed by atoms with van der Waals surface area (Å²) in [6.07, 6.45) is 1.43. The number of carbonyl (C=O) groups is 1. The third-order valence-electron chi connectivity index (χ3n) is 2.85. The molecule has 1 aromatic heterocycles. The lowest BCUT2D eigenvalue weighted by molar-refractivity contribution is 0.0955. The number of sulfonamides is 1. The molecule has 0 bridgehead atoms. The van der Waals surface area contributed by atoms with E-state index in [1.807, 2.05) is 0 Å². The minimum absolute atomic E-state index is 0.0707. The van der Waals surface area contributed by atoms with Gasteiger partial charge in [-0.25, -0.2) is 13.1 Å². The first kappa shape index (κ1) is 13.1. The normalized spacial score (nSPS) is 16.3. The molecule has 0 saturated carbocycles. The van der Waals surface area contributed by atoms with Gasteiger partial charge in [0.1, 0.15) is 10.6 Å². The van der Waals surface area contributed by atoms with Crippen LogP contribution < -0.4 is 15.4 Å². The zero-order valence-electron chi connectivity index (χ0n) is 10.2. The molecule has 0 aromatic carbocycles. The van der Waals surface area contributed by atoms with Crippen LogP contribution >= 0.6 is 0 Å². The standard InChI is InChI=1S/C10H16N4O3S/c1-11-10(15)9-3-8(6-14(9)2)18(16,17)13-7-4-12-5-7/h3,6-7,12-13H,4-5H2,1-2H3,(H,11,15). The Morgan fingerprint density at radius 2 is 2.17 bits per heavy atom. The summed E-state index contributed by atoms with van der Waals surface area (Å²) in [5.74, 6) is -0.315. The maximum atomic E-state index is 12.0. The average molecular weight is 272 g/mol. The SMILES string of the molecule is CNC(=O)c1cc(S(=O)(=O)NC2CNC2)cn1C. The number of hydrogen-bond acceptors (Lipinski definition) is 4. The highest BCUT2D eigenvalue weighted by Crippen LogP contribution is 2.14. The molecule has 8 heteroatoms. The number of carbonyl (C=O) groups excluding carboxylic acids is 1. The van der Waals surface area contributed by atoms with E-state index in [-0.39, 0.29) is 16.8 Å². The first-order valence-electron chi connectivity index (χ1n) is 5.55. The van der Waals surface area contributed by atoms with Crippen molar-refractivity contribution in [3.63, 3.8) is 0 Å². The van der Waals surface area contributed by atoms with Crippen molar-refractivity contribution in [2.75, 3.05) is 20.1 Å². The molecule has 0 aliphatic carbocycles. The largest absolute Gasteiger partial charge is 0.354 e. The van der Waals surface area contributed by atoms with Gasteiger partial charge in [-0.2, -0.15) is 0 Å². The van der Waals surface area contributed by atoms with Crippen LogP contribution in [0, 0.1) is 0 Å². The highest BCUT2D eigenvalue weighted by atomic mass is 32.2. The lowest BCUT2D eigenvalue weighted by Gasteiger charge is -2.27. The Bertz CT molecular complexity index is 560. The number of amides is 1. The summed E-state index contributed by atoms with van der Waals surface area (Å²) in [7, 11) is -0.419. The molecule has 1 fully saturated rings. The third kappa shape index (κ3) is 2.40. The molecule has 1 aliphatic rings. The molecule has 0 spiro atoms. The highest BCUT2D eigenvalue weighted by molar-refractivity contribution is 7.89. The number of nitrogens with zero attached hydrogens (tertiary/aromatic N) is 1. The van der Waals surface area contributed by atoms with Crippen LogP contribution in [-0.4, -0.2) is 45.1 Å². The summed E-state index contributed by atoms with van der Waals surface area (Å²) in [4.78, 5) is 11.6. The number of nitrogens with one attached hydrogen (secondary N) is 3. The van der Waals surface area contributed by atoms with Crippen LogP contribution in [-0.2, 0) is 17.1 Å². The summed E-state index contributed by atoms with van der Waals surface area (Å²) in [5.41, 5.74) is 0.310. The van der Waals surface area contributed by atoms with Crippen molar-refractivity contribution >= 4 is 15.9 Å². The fourth-order valence-corrected chi connectivity index (χ4v) is 3.00. The second-order valence-electron chi connectivity index (χ2n) is 4.23. The molecule has 0 atom stereocenters. The van der Waals surface area contributed by atoms with E-state index in [1.54, 1.807) is 7.05 Å². The van der Waals surface area contributed by atoms with E-state index in [1.165, 1.54) is 23.9 Å². The van der Waals surface area contributed by atoms with Crippen LogP contribution in [0.2, 0.25) is 0 Å². The van der Waals surface area contributed by atoms with Crippen LogP contribution in [0.5, 0.6) is 0 Å². The smallest absolute Gasteiger partial charge is 0.267 e. The van der Waals surface area contributed by atoms with Crippen molar-refractivity contribution < 1.29 is 13.2 Å². The minimum atomic E-state index is -3.55. The number of aromatic nitrogens is 1. The minimum Gasteiger partial charge on any atom is -0.354 e. The van der Waals surface area contributed by atoms with E-state index in [4.69, 9.17) is 0 Å². The van der Waals surface area contributed by atoms with Gasteiger partial charge in [0.25, 0.3) is 5.91 Å². The Balaban J connectivity index is 2.25. The molecule has 3 N–H and O–H groups in total. The van der Waals surface area contributed by atoms with E-state index < -0.39 is 10.0 Å². The Morgan fingerprint density at radius 1 is 1.50 bits per heavy atom. The fourth-order valence-electron chi connectivity index (χ4n) is 1.69. The Kier molecular flexibility index (Phi) is 3.42. The predicted molar refractivity (Wildman–Crippen MR) is 65.8 cm³/mol. The molecule has 7 nitrogen and oxygen atoms in total. The third-order valence-corrected chi connectivity index (χ3v) is 4.34. The van der Waals surface area contributed by atoms with Crippen LogP contribution in [0.4, 0.5) is 0 Å². The summed E-state index contributed by atoms with van der Waals surface area (Å²) in [6, 6.07) is 1.30. The van der Waals surface area contributed by atoms with Crippen molar-refractivity contribution in [2.24, 2.45) is 7.05 Å². The maximum Gasteiger partial charge on any atom is 0.267 e. The van der Waals surface area contributed by atoms with Gasteiger partial charge < -0.3 is 15.2 Å². The van der Waals surface area contributed by atoms with Crippen LogP contribution in [0.15, 0.2) is 17.2 Å². The summed E-state index contributed by atoms with van der Waals surface area (Å²) in [5, 5.41) is 5.45. The van der Waals surface area contributed by atoms with Crippen molar-refractivity contribution in [1.29, 1.82) is 0 Å². The van der Waals surface area contributed by atoms with Crippen molar-refractivity contribution in [3.05, 3.63) is 18.0 Å². The number of rotatable bonds is 4. The molecule has 2 rings (SSSR count). The fraction of sp³-hybridized carbons (Fsp3) is 0.500. The summed E-state index contributed by atoms with van der Waals surface area (Å²) < 4.78 is 28.1. The van der Waals surface area contributed by atoms with Crippen LogP contribution in [0.1, 0.15) is 10.5 Å². The lowest BCUT2D eigenvalue weighted by Crippen LogP contribution is -2.56. The zero-order chi connectivity index (χ0) is 13.3. The van der Waals surface area contributed by atoms with Crippen molar-refractivity contribution in [2.45, 2.75) is 10.9 Å². The molecular formula is C10H16N4O3S. The van der Waals surface area contributed by atoms with Crippen molar-refractivity contribution in [3.8, 4) is 0 Å². The van der Waals surface area contributed by atoms with E-state index >= 15 is 0 Å². The van der Waals surface area contributed by atoms with Gasteiger partial charge in [0, 0.05) is 39.4 Å². The van der Waals surface area contributed by atoms with Gasteiger partial charge in [-0.15, -0.1) is 0 Å². The van der Waals surface area contributed by atoms with E-state index in [2.05, 4.69) is 15.4 Å². The average Bonchev–Trinajstić information content (AvgIpc) is 2.66. The van der Waals surface area contributed by atoms with Crippen molar-refractivity contribution in [1.82, 2.24) is 19.9 Å². The molecule has 1 aliphatic heterocycles. The van der Waals surface area contributed by atoms with Gasteiger partial charge in [0.05, 0.1) is 0 Å². The molecule has 1 saturated heterocycles. The molecule has 1 amide bonds. The molecule has 1 aromatic rings. The molecule has 100 valence electrons. The second-order valence-corrected chi connectivity index (χ2v) is 5.94. The molecule has 0 radical (unpaired) electrons.